The summed E-state index contributed by atoms with van der Waals surface area (Å²) in [7, 11) is 0. The Morgan fingerprint density at radius 2 is 2.57 bits per heavy atom. The third-order valence-electron chi connectivity index (χ3n) is 1.13. The van der Waals surface area contributed by atoms with Gasteiger partial charge in [0.2, 0.25) is 0 Å². The van der Waals surface area contributed by atoms with Gasteiger partial charge in [0, 0.05) is 0 Å². The van der Waals surface area contributed by atoms with E-state index in [4.69, 9.17) is 0 Å². The summed E-state index contributed by atoms with van der Waals surface area (Å²) in [6, 6.07) is 1.38. The summed E-state index contributed by atoms with van der Waals surface area (Å²) in [5.41, 5.74) is 0. The van der Waals surface area contributed by atoms with Gasteiger partial charge in [0.1, 0.15) is 0 Å². The number of rotatable bonds is 0. The maximum Gasteiger partial charge on any atom is 0.0569 e. The van der Waals surface area contributed by atoms with Crippen LogP contribution in [0.5, 0.6) is 0 Å². The minimum atomic E-state index is 1.20. The van der Waals surface area contributed by atoms with Crippen molar-refractivity contribution in [1.82, 2.24) is 5.32 Å². The van der Waals surface area contributed by atoms with Crippen LogP contribution in [0.25, 0.3) is 0 Å². The van der Waals surface area contributed by atoms with Gasteiger partial charge in [-0.05, 0) is 26.0 Å². The molecule has 0 saturated heterocycles. The van der Waals surface area contributed by atoms with Crippen LogP contribution in [0.15, 0.2) is 12.3 Å². The highest BCUT2D eigenvalue weighted by Crippen LogP contribution is 2.08. The van der Waals surface area contributed by atoms with Crippen molar-refractivity contribution < 1.29 is 0 Å². The smallest absolute Gasteiger partial charge is 0.0569 e. The lowest BCUT2D eigenvalue weighted by atomic mass is 10.1. The molecule has 39 valence electrons. The molecule has 0 aromatic rings. The zero-order valence-electron chi connectivity index (χ0n) is 4.57. The van der Waals surface area contributed by atoms with Crippen molar-refractivity contribution in [1.29, 1.82) is 0 Å². The minimum absolute atomic E-state index is 1.20. The number of hydrogen-bond acceptors (Lipinski definition) is 1. The molecule has 0 aromatic carbocycles. The van der Waals surface area contributed by atoms with Crippen molar-refractivity contribution in [3.05, 3.63) is 18.3 Å². The van der Waals surface area contributed by atoms with Gasteiger partial charge in [-0.1, -0.05) is 6.08 Å². The molecule has 1 aliphatic rings. The summed E-state index contributed by atoms with van der Waals surface area (Å²) in [4.78, 5) is 0. The minimum Gasteiger partial charge on any atom is -0.384 e. The third kappa shape index (κ3) is 1.22. The van der Waals surface area contributed by atoms with Crippen molar-refractivity contribution in [2.24, 2.45) is 0 Å². The summed E-state index contributed by atoms with van der Waals surface area (Å²) in [5.74, 6) is 0. The lowest BCUT2D eigenvalue weighted by molar-refractivity contribution is 0.711. The molecule has 0 aromatic heterocycles. The van der Waals surface area contributed by atoms with E-state index in [0.717, 1.165) is 0 Å². The largest absolute Gasteiger partial charge is 0.384 e. The van der Waals surface area contributed by atoms with Gasteiger partial charge in [0.05, 0.1) is 6.04 Å². The van der Waals surface area contributed by atoms with E-state index in [2.05, 4.69) is 18.3 Å². The zero-order valence-corrected chi connectivity index (χ0v) is 4.57. The number of allylic oxidation sites excluding steroid dienone is 1. The fraction of sp³-hybridized carbons (Fsp3) is 0.500. The Balaban J connectivity index is 2.32. The molecule has 1 heteroatoms. The monoisotopic (exact) mass is 96.1 g/mol. The predicted octanol–water partition coefficient (Wildman–Crippen LogP) is 1.44. The summed E-state index contributed by atoms with van der Waals surface area (Å²) in [6.07, 6.45) is 6.56. The van der Waals surface area contributed by atoms with Crippen LogP contribution in [0.1, 0.15) is 19.8 Å². The maximum atomic E-state index is 3.12. The second kappa shape index (κ2) is 2.01. The highest BCUT2D eigenvalue weighted by atomic mass is 14.9. The molecular formula is C6H10N. The molecule has 0 unspecified atom stereocenters. The molecule has 1 N–H and O–H groups in total. The van der Waals surface area contributed by atoms with Gasteiger partial charge in [0.15, 0.2) is 0 Å². The van der Waals surface area contributed by atoms with Gasteiger partial charge in [-0.15, -0.1) is 0 Å². The van der Waals surface area contributed by atoms with Crippen LogP contribution in [-0.4, -0.2) is 0 Å². The SMILES string of the molecule is C[C]1CCC=CN1. The van der Waals surface area contributed by atoms with E-state index in [1.54, 1.807) is 0 Å². The van der Waals surface area contributed by atoms with E-state index in [-0.39, 0.29) is 0 Å². The zero-order chi connectivity index (χ0) is 5.11. The second-order valence-corrected chi connectivity index (χ2v) is 1.87. The Morgan fingerprint density at radius 1 is 1.71 bits per heavy atom. The normalized spacial score (nSPS) is 21.9. The predicted molar refractivity (Wildman–Crippen MR) is 30.4 cm³/mol. The van der Waals surface area contributed by atoms with Crippen molar-refractivity contribution in [3.63, 3.8) is 0 Å². The first-order valence-electron chi connectivity index (χ1n) is 2.63. The Hall–Kier alpha value is -0.460. The van der Waals surface area contributed by atoms with Gasteiger partial charge >= 0.3 is 0 Å². The topological polar surface area (TPSA) is 12.0 Å². The average molecular weight is 96.2 g/mol. The Bertz CT molecular complexity index is 76.2. The first-order valence-corrected chi connectivity index (χ1v) is 2.63. The standard InChI is InChI=1S/C6H10N/c1-6-4-2-3-5-7-6/h3,5,7H,2,4H2,1H3. The lowest BCUT2D eigenvalue weighted by Gasteiger charge is -2.12. The van der Waals surface area contributed by atoms with Gasteiger partial charge in [-0.2, -0.15) is 0 Å². The molecule has 0 spiro atoms. The second-order valence-electron chi connectivity index (χ2n) is 1.87. The van der Waals surface area contributed by atoms with Crippen LogP contribution in [-0.2, 0) is 0 Å². The Morgan fingerprint density at radius 3 is 2.86 bits per heavy atom. The van der Waals surface area contributed by atoms with E-state index in [0.29, 0.717) is 0 Å². The summed E-state index contributed by atoms with van der Waals surface area (Å²) < 4.78 is 0. The van der Waals surface area contributed by atoms with Crippen LogP contribution < -0.4 is 5.32 Å². The van der Waals surface area contributed by atoms with Crippen LogP contribution in [0.4, 0.5) is 0 Å². The van der Waals surface area contributed by atoms with Gasteiger partial charge in [-0.3, -0.25) is 0 Å². The van der Waals surface area contributed by atoms with Gasteiger partial charge in [-0.25, -0.2) is 0 Å². The molecule has 1 aliphatic heterocycles. The summed E-state index contributed by atoms with van der Waals surface area (Å²) >= 11 is 0. The maximum absolute atomic E-state index is 3.12. The quantitative estimate of drug-likeness (QED) is 0.481. The first kappa shape index (κ1) is 4.69. The molecule has 0 bridgehead atoms. The molecule has 7 heavy (non-hydrogen) atoms. The molecular weight excluding hydrogens is 86.1 g/mol. The number of nitrogens with one attached hydrogen (secondary N) is 1. The highest BCUT2D eigenvalue weighted by Gasteiger charge is 1.99. The molecule has 0 amide bonds. The van der Waals surface area contributed by atoms with Crippen molar-refractivity contribution in [2.45, 2.75) is 19.8 Å². The molecule has 1 rings (SSSR count). The molecule has 0 fully saturated rings. The van der Waals surface area contributed by atoms with Crippen molar-refractivity contribution in [3.8, 4) is 0 Å². The third-order valence-corrected chi connectivity index (χ3v) is 1.13. The first-order chi connectivity index (χ1) is 3.39. The molecule has 0 atom stereocenters. The summed E-state index contributed by atoms with van der Waals surface area (Å²) in [5, 5.41) is 3.12. The van der Waals surface area contributed by atoms with Crippen molar-refractivity contribution in [2.75, 3.05) is 0 Å². The molecule has 0 saturated carbocycles. The van der Waals surface area contributed by atoms with E-state index in [9.17, 15) is 0 Å². The van der Waals surface area contributed by atoms with Crippen LogP contribution in [0.3, 0.4) is 0 Å². The van der Waals surface area contributed by atoms with E-state index >= 15 is 0 Å². The van der Waals surface area contributed by atoms with Gasteiger partial charge < -0.3 is 5.32 Å². The highest BCUT2D eigenvalue weighted by molar-refractivity contribution is 4.97. The van der Waals surface area contributed by atoms with E-state index in [1.165, 1.54) is 18.9 Å². The average Bonchev–Trinajstić information content (AvgIpc) is 1.69. The van der Waals surface area contributed by atoms with Crippen LogP contribution >= 0.6 is 0 Å². The fourth-order valence-corrected chi connectivity index (χ4v) is 0.657. The number of hydrogen-bond donors (Lipinski definition) is 1. The van der Waals surface area contributed by atoms with E-state index < -0.39 is 0 Å². The fourth-order valence-electron chi connectivity index (χ4n) is 0.657. The van der Waals surface area contributed by atoms with Crippen molar-refractivity contribution >= 4 is 0 Å². The van der Waals surface area contributed by atoms with E-state index in [1.807, 2.05) is 6.20 Å². The van der Waals surface area contributed by atoms with Crippen LogP contribution in [0, 0.1) is 6.04 Å². The molecule has 1 nitrogen and oxygen atoms in total. The summed E-state index contributed by atoms with van der Waals surface area (Å²) in [6.45, 7) is 2.11. The Labute approximate surface area is 44.4 Å². The molecule has 1 heterocycles. The van der Waals surface area contributed by atoms with Crippen LogP contribution in [0.2, 0.25) is 0 Å². The van der Waals surface area contributed by atoms with Gasteiger partial charge in [0.25, 0.3) is 0 Å². The molecule has 0 aliphatic carbocycles. The molecule has 1 radical (unpaired) electrons. The Kier molecular flexibility index (Phi) is 1.35. The lowest BCUT2D eigenvalue weighted by Crippen LogP contribution is -2.13.